The fourth-order valence-electron chi connectivity index (χ4n) is 3.05. The van der Waals surface area contributed by atoms with Gasteiger partial charge in [-0.05, 0) is 37.6 Å². The molecular formula is C18H22N4O2. The van der Waals surface area contributed by atoms with Gasteiger partial charge in [-0.2, -0.15) is 5.10 Å². The molecule has 0 saturated carbocycles. The molecule has 126 valence electrons. The van der Waals surface area contributed by atoms with Crippen molar-refractivity contribution in [1.82, 2.24) is 20.1 Å². The van der Waals surface area contributed by atoms with E-state index in [0.717, 1.165) is 29.3 Å². The predicted octanol–water partition coefficient (Wildman–Crippen LogP) is 3.05. The standard InChI is InChI=1S/C18H22N4O2/c1-4-7-18(2,13-10-19-22(3)11-13)21-17(24)16-9-12-8-14(23)5-6-15(12)20-16/h5-6,8-11,20,23H,4,7H2,1-3H3,(H,21,24). The summed E-state index contributed by atoms with van der Waals surface area (Å²) in [5.41, 5.74) is 1.78. The Hall–Kier alpha value is -2.76. The third-order valence-electron chi connectivity index (χ3n) is 4.33. The van der Waals surface area contributed by atoms with E-state index in [-0.39, 0.29) is 11.7 Å². The van der Waals surface area contributed by atoms with E-state index in [1.165, 1.54) is 0 Å². The molecule has 1 unspecified atom stereocenters. The van der Waals surface area contributed by atoms with Crippen molar-refractivity contribution in [3.05, 3.63) is 47.9 Å². The lowest BCUT2D eigenvalue weighted by Crippen LogP contribution is -2.43. The van der Waals surface area contributed by atoms with Gasteiger partial charge in [-0.1, -0.05) is 13.3 Å². The zero-order valence-corrected chi connectivity index (χ0v) is 14.1. The Morgan fingerprint density at radius 2 is 2.21 bits per heavy atom. The second kappa shape index (κ2) is 6.03. The number of nitrogens with one attached hydrogen (secondary N) is 2. The van der Waals surface area contributed by atoms with Crippen LogP contribution in [0.1, 0.15) is 42.7 Å². The predicted molar refractivity (Wildman–Crippen MR) is 92.9 cm³/mol. The lowest BCUT2D eigenvalue weighted by molar-refractivity contribution is 0.0895. The van der Waals surface area contributed by atoms with Crippen LogP contribution in [0.4, 0.5) is 0 Å². The van der Waals surface area contributed by atoms with Crippen molar-refractivity contribution in [3.8, 4) is 5.75 Å². The van der Waals surface area contributed by atoms with Gasteiger partial charge in [0.2, 0.25) is 0 Å². The molecule has 0 radical (unpaired) electrons. The summed E-state index contributed by atoms with van der Waals surface area (Å²) in [5, 5.41) is 17.7. The Kier molecular flexibility index (Phi) is 4.05. The topological polar surface area (TPSA) is 82.9 Å². The summed E-state index contributed by atoms with van der Waals surface area (Å²) in [6, 6.07) is 6.74. The molecule has 3 rings (SSSR count). The maximum Gasteiger partial charge on any atom is 0.268 e. The third kappa shape index (κ3) is 2.99. The summed E-state index contributed by atoms with van der Waals surface area (Å²) in [6.07, 6.45) is 5.47. The van der Waals surface area contributed by atoms with Crippen LogP contribution in [0, 0.1) is 0 Å². The maximum atomic E-state index is 12.7. The molecule has 0 fully saturated rings. The van der Waals surface area contributed by atoms with Gasteiger partial charge in [0, 0.05) is 29.7 Å². The van der Waals surface area contributed by atoms with Crippen molar-refractivity contribution in [2.24, 2.45) is 7.05 Å². The number of aromatic amines is 1. The molecule has 6 heteroatoms. The SMILES string of the molecule is CCCC(C)(NC(=O)c1cc2cc(O)ccc2[nH]1)c1cnn(C)c1. The molecule has 0 aliphatic rings. The zero-order chi connectivity index (χ0) is 17.3. The number of hydrogen-bond donors (Lipinski definition) is 3. The molecular weight excluding hydrogens is 304 g/mol. The molecule has 0 aliphatic heterocycles. The monoisotopic (exact) mass is 326 g/mol. The van der Waals surface area contributed by atoms with Crippen molar-refractivity contribution in [2.45, 2.75) is 32.2 Å². The van der Waals surface area contributed by atoms with Gasteiger partial charge in [-0.3, -0.25) is 9.48 Å². The molecule has 1 aromatic carbocycles. The quantitative estimate of drug-likeness (QED) is 0.674. The van der Waals surface area contributed by atoms with Gasteiger partial charge in [0.15, 0.2) is 0 Å². The highest BCUT2D eigenvalue weighted by atomic mass is 16.3. The van der Waals surface area contributed by atoms with Crippen LogP contribution in [0.5, 0.6) is 5.75 Å². The number of hydrogen-bond acceptors (Lipinski definition) is 3. The second-order valence-electron chi connectivity index (χ2n) is 6.39. The molecule has 1 amide bonds. The van der Waals surface area contributed by atoms with E-state index in [1.54, 1.807) is 35.1 Å². The molecule has 0 aliphatic carbocycles. The van der Waals surface area contributed by atoms with Crippen molar-refractivity contribution in [2.75, 3.05) is 0 Å². The number of nitrogens with zero attached hydrogens (tertiary/aromatic N) is 2. The van der Waals surface area contributed by atoms with E-state index < -0.39 is 5.54 Å². The van der Waals surface area contributed by atoms with Crippen LogP contribution in [0.15, 0.2) is 36.7 Å². The highest BCUT2D eigenvalue weighted by Crippen LogP contribution is 2.27. The number of fused-ring (bicyclic) bond motifs is 1. The van der Waals surface area contributed by atoms with E-state index in [2.05, 4.69) is 22.3 Å². The van der Waals surface area contributed by atoms with E-state index in [4.69, 9.17) is 0 Å². The van der Waals surface area contributed by atoms with Crippen LogP contribution in [0.25, 0.3) is 10.9 Å². The number of H-pyrrole nitrogens is 1. The summed E-state index contributed by atoms with van der Waals surface area (Å²) >= 11 is 0. The Bertz CT molecular complexity index is 880. The van der Waals surface area contributed by atoms with Crippen LogP contribution in [-0.4, -0.2) is 25.8 Å². The highest BCUT2D eigenvalue weighted by Gasteiger charge is 2.30. The Morgan fingerprint density at radius 1 is 1.42 bits per heavy atom. The van der Waals surface area contributed by atoms with Gasteiger partial charge in [0.1, 0.15) is 11.4 Å². The molecule has 2 heterocycles. The summed E-state index contributed by atoms with van der Waals surface area (Å²) < 4.78 is 1.74. The number of aromatic nitrogens is 3. The van der Waals surface area contributed by atoms with Crippen molar-refractivity contribution < 1.29 is 9.90 Å². The smallest absolute Gasteiger partial charge is 0.268 e. The fourth-order valence-corrected chi connectivity index (χ4v) is 3.05. The number of phenols is 1. The Balaban J connectivity index is 1.89. The van der Waals surface area contributed by atoms with E-state index in [1.807, 2.05) is 20.2 Å². The van der Waals surface area contributed by atoms with Crippen LogP contribution < -0.4 is 5.32 Å². The van der Waals surface area contributed by atoms with Crippen LogP contribution >= 0.6 is 0 Å². The van der Waals surface area contributed by atoms with Gasteiger partial charge in [-0.25, -0.2) is 0 Å². The van der Waals surface area contributed by atoms with Gasteiger partial charge < -0.3 is 15.4 Å². The minimum atomic E-state index is -0.487. The Morgan fingerprint density at radius 3 is 2.88 bits per heavy atom. The minimum Gasteiger partial charge on any atom is -0.508 e. The number of carbonyl (C=O) groups is 1. The lowest BCUT2D eigenvalue weighted by atomic mass is 9.89. The second-order valence-corrected chi connectivity index (χ2v) is 6.39. The summed E-state index contributed by atoms with van der Waals surface area (Å²) in [5.74, 6) is 0.00475. The number of aromatic hydroxyl groups is 1. The lowest BCUT2D eigenvalue weighted by Gasteiger charge is -2.29. The first-order valence-corrected chi connectivity index (χ1v) is 8.04. The molecule has 0 bridgehead atoms. The number of carbonyl (C=O) groups excluding carboxylic acids is 1. The summed E-state index contributed by atoms with van der Waals surface area (Å²) in [6.45, 7) is 4.10. The molecule has 1 atom stereocenters. The molecule has 3 N–H and O–H groups in total. The van der Waals surface area contributed by atoms with Gasteiger partial charge in [0.25, 0.3) is 5.91 Å². The highest BCUT2D eigenvalue weighted by molar-refractivity contribution is 5.98. The van der Waals surface area contributed by atoms with Crippen LogP contribution in [0.3, 0.4) is 0 Å². The molecule has 24 heavy (non-hydrogen) atoms. The molecule has 0 spiro atoms. The normalized spacial score (nSPS) is 13.8. The van der Waals surface area contributed by atoms with Crippen molar-refractivity contribution >= 4 is 16.8 Å². The number of phenolic OH excluding ortho intramolecular Hbond substituents is 1. The first-order valence-electron chi connectivity index (χ1n) is 8.04. The molecule has 6 nitrogen and oxygen atoms in total. The van der Waals surface area contributed by atoms with Crippen molar-refractivity contribution in [3.63, 3.8) is 0 Å². The van der Waals surface area contributed by atoms with Gasteiger partial charge >= 0.3 is 0 Å². The molecule has 2 aromatic heterocycles. The number of benzene rings is 1. The largest absolute Gasteiger partial charge is 0.508 e. The first-order chi connectivity index (χ1) is 11.4. The summed E-state index contributed by atoms with van der Waals surface area (Å²) in [4.78, 5) is 15.8. The molecule has 3 aromatic rings. The number of rotatable bonds is 5. The maximum absolute atomic E-state index is 12.7. The minimum absolute atomic E-state index is 0.175. The van der Waals surface area contributed by atoms with Crippen LogP contribution in [-0.2, 0) is 12.6 Å². The van der Waals surface area contributed by atoms with E-state index in [0.29, 0.717) is 5.69 Å². The Labute approximate surface area is 140 Å². The van der Waals surface area contributed by atoms with E-state index >= 15 is 0 Å². The third-order valence-corrected chi connectivity index (χ3v) is 4.33. The summed E-state index contributed by atoms with van der Waals surface area (Å²) in [7, 11) is 1.86. The number of amides is 1. The zero-order valence-electron chi connectivity index (χ0n) is 14.1. The first kappa shape index (κ1) is 16.1. The van der Waals surface area contributed by atoms with Crippen molar-refractivity contribution in [1.29, 1.82) is 0 Å². The van der Waals surface area contributed by atoms with Crippen LogP contribution in [0.2, 0.25) is 0 Å². The number of aryl methyl sites for hydroxylation is 1. The molecule has 0 saturated heterocycles. The fraction of sp³-hybridized carbons (Fsp3) is 0.333. The van der Waals surface area contributed by atoms with Gasteiger partial charge in [0.05, 0.1) is 11.7 Å². The average molecular weight is 326 g/mol. The van der Waals surface area contributed by atoms with E-state index in [9.17, 15) is 9.90 Å². The van der Waals surface area contributed by atoms with Gasteiger partial charge in [-0.15, -0.1) is 0 Å². The average Bonchev–Trinajstić information content (AvgIpc) is 3.13.